The maximum absolute atomic E-state index is 12.2. The summed E-state index contributed by atoms with van der Waals surface area (Å²) in [7, 11) is 2.03. The van der Waals surface area contributed by atoms with E-state index in [1.165, 1.54) is 6.33 Å². The molecule has 0 saturated carbocycles. The van der Waals surface area contributed by atoms with Gasteiger partial charge in [0.1, 0.15) is 23.7 Å². The lowest BCUT2D eigenvalue weighted by Gasteiger charge is -2.17. The number of para-hydroxylation sites is 2. The lowest BCUT2D eigenvalue weighted by Crippen LogP contribution is -2.29. The standard InChI is InChI=1S/C26H32N6O2/c1-32-14-12-26(33)27-13-5-2-6-15-34-23-11-4-3-10-22(23)31-25-17-24(28-19-29-25)30-21-9-7-8-20(16-21)18-32/h3-4,7-11,16-17,19H,2,5-6,12-15,18H2,1H3,(H,27,33)(H2,28,29,30,31). The number of nitrogens with one attached hydrogen (secondary N) is 3. The number of ether oxygens (including phenoxy) is 1. The van der Waals surface area contributed by atoms with Crippen LogP contribution in [0.1, 0.15) is 31.2 Å². The highest BCUT2D eigenvalue weighted by molar-refractivity contribution is 5.76. The zero-order chi connectivity index (χ0) is 23.6. The summed E-state index contributed by atoms with van der Waals surface area (Å²) in [5.41, 5.74) is 2.96. The van der Waals surface area contributed by atoms with Gasteiger partial charge < -0.3 is 25.6 Å². The third-order valence-corrected chi connectivity index (χ3v) is 5.59. The number of rotatable bonds is 0. The van der Waals surface area contributed by atoms with Crippen molar-refractivity contribution >= 4 is 28.9 Å². The van der Waals surface area contributed by atoms with Crippen LogP contribution < -0.4 is 20.7 Å². The van der Waals surface area contributed by atoms with Gasteiger partial charge in [0.25, 0.3) is 0 Å². The number of nitrogens with zero attached hydrogens (tertiary/aromatic N) is 3. The molecule has 34 heavy (non-hydrogen) atoms. The van der Waals surface area contributed by atoms with Gasteiger partial charge in [-0.25, -0.2) is 9.97 Å². The number of hydrogen-bond donors (Lipinski definition) is 3. The van der Waals surface area contributed by atoms with Crippen LogP contribution in [0.2, 0.25) is 0 Å². The molecule has 0 unspecified atom stereocenters. The van der Waals surface area contributed by atoms with Crippen LogP contribution in [0.3, 0.4) is 0 Å². The van der Waals surface area contributed by atoms with E-state index in [1.54, 1.807) is 0 Å². The topological polar surface area (TPSA) is 91.4 Å². The number of benzene rings is 2. The molecule has 1 aromatic heterocycles. The van der Waals surface area contributed by atoms with Crippen molar-refractivity contribution in [3.8, 4) is 5.75 Å². The molecule has 1 aliphatic rings. The molecule has 0 aliphatic carbocycles. The van der Waals surface area contributed by atoms with Crippen molar-refractivity contribution in [1.29, 1.82) is 0 Å². The number of anilines is 4. The SMILES string of the molecule is CN1CCC(=O)NCCCCCOc2ccccc2Nc2cc(ncn2)Nc2cccc(c2)C1. The second kappa shape index (κ2) is 12.0. The summed E-state index contributed by atoms with van der Waals surface area (Å²) < 4.78 is 6.02. The summed E-state index contributed by atoms with van der Waals surface area (Å²) >= 11 is 0. The maximum atomic E-state index is 12.2. The van der Waals surface area contributed by atoms with E-state index in [1.807, 2.05) is 49.5 Å². The lowest BCUT2D eigenvalue weighted by molar-refractivity contribution is -0.121. The van der Waals surface area contributed by atoms with Crippen LogP contribution in [-0.4, -0.2) is 47.5 Å². The van der Waals surface area contributed by atoms with Crippen LogP contribution in [0.15, 0.2) is 60.9 Å². The Morgan fingerprint density at radius 2 is 1.79 bits per heavy atom. The Labute approximate surface area is 200 Å². The number of carbonyl (C=O) groups excluding carboxylic acids is 1. The second-order valence-corrected chi connectivity index (χ2v) is 8.48. The molecule has 0 radical (unpaired) electrons. The molecule has 8 nitrogen and oxygen atoms in total. The van der Waals surface area contributed by atoms with Crippen LogP contribution in [0.4, 0.5) is 23.0 Å². The molecule has 178 valence electrons. The molecule has 3 N–H and O–H groups in total. The fourth-order valence-corrected chi connectivity index (χ4v) is 3.81. The Kier molecular flexibility index (Phi) is 8.29. The number of carbonyl (C=O) groups is 1. The fourth-order valence-electron chi connectivity index (χ4n) is 3.81. The Morgan fingerprint density at radius 1 is 0.941 bits per heavy atom. The molecule has 0 spiro atoms. The van der Waals surface area contributed by atoms with Gasteiger partial charge in [0, 0.05) is 37.8 Å². The highest BCUT2D eigenvalue weighted by Crippen LogP contribution is 2.28. The minimum Gasteiger partial charge on any atom is -0.491 e. The smallest absolute Gasteiger partial charge is 0.221 e. The quantitative estimate of drug-likeness (QED) is 0.456. The van der Waals surface area contributed by atoms with Crippen molar-refractivity contribution in [2.24, 2.45) is 0 Å². The van der Waals surface area contributed by atoms with Crippen molar-refractivity contribution in [1.82, 2.24) is 20.2 Å². The van der Waals surface area contributed by atoms with Crippen molar-refractivity contribution in [3.63, 3.8) is 0 Å². The molecule has 8 heteroatoms. The number of fused-ring (bicyclic) bond motifs is 5. The molecular formula is C26H32N6O2. The van der Waals surface area contributed by atoms with Gasteiger partial charge in [0.2, 0.25) is 5.91 Å². The Bertz CT molecular complexity index is 1090. The van der Waals surface area contributed by atoms with Crippen molar-refractivity contribution in [2.75, 3.05) is 37.4 Å². The van der Waals surface area contributed by atoms with Gasteiger partial charge in [-0.05, 0) is 56.1 Å². The predicted octanol–water partition coefficient (Wildman–Crippen LogP) is 4.46. The van der Waals surface area contributed by atoms with Gasteiger partial charge in [-0.3, -0.25) is 4.79 Å². The third-order valence-electron chi connectivity index (χ3n) is 5.59. The average molecular weight is 461 g/mol. The summed E-state index contributed by atoms with van der Waals surface area (Å²) in [6.45, 7) is 2.78. The first-order valence-electron chi connectivity index (χ1n) is 11.8. The first kappa shape index (κ1) is 23.5. The first-order chi connectivity index (χ1) is 16.7. The zero-order valence-electron chi connectivity index (χ0n) is 19.6. The van der Waals surface area contributed by atoms with Gasteiger partial charge in [0.05, 0.1) is 12.3 Å². The molecule has 2 heterocycles. The van der Waals surface area contributed by atoms with E-state index in [0.29, 0.717) is 37.8 Å². The van der Waals surface area contributed by atoms with Gasteiger partial charge in [-0.1, -0.05) is 24.3 Å². The van der Waals surface area contributed by atoms with E-state index in [0.717, 1.165) is 48.5 Å². The molecule has 1 aliphatic heterocycles. The summed E-state index contributed by atoms with van der Waals surface area (Å²) in [4.78, 5) is 23.1. The summed E-state index contributed by atoms with van der Waals surface area (Å²) in [6.07, 6.45) is 4.88. The third kappa shape index (κ3) is 7.18. The normalized spacial score (nSPS) is 16.3. The molecule has 2 aromatic carbocycles. The minimum atomic E-state index is 0.0974. The van der Waals surface area contributed by atoms with Crippen molar-refractivity contribution in [3.05, 3.63) is 66.5 Å². The Balaban J connectivity index is 1.52. The fraction of sp³-hybridized carbons (Fsp3) is 0.346. The molecule has 0 fully saturated rings. The van der Waals surface area contributed by atoms with Crippen LogP contribution in [0, 0.1) is 0 Å². The van der Waals surface area contributed by atoms with E-state index in [4.69, 9.17) is 4.74 Å². The van der Waals surface area contributed by atoms with Crippen LogP contribution in [0.5, 0.6) is 5.75 Å². The van der Waals surface area contributed by atoms with E-state index in [-0.39, 0.29) is 5.91 Å². The maximum Gasteiger partial charge on any atom is 0.221 e. The Morgan fingerprint density at radius 3 is 2.71 bits per heavy atom. The van der Waals surface area contributed by atoms with E-state index in [2.05, 4.69) is 43.0 Å². The molecule has 4 rings (SSSR count). The highest BCUT2D eigenvalue weighted by atomic mass is 16.5. The molecular weight excluding hydrogens is 428 g/mol. The highest BCUT2D eigenvalue weighted by Gasteiger charge is 2.08. The van der Waals surface area contributed by atoms with Crippen LogP contribution >= 0.6 is 0 Å². The van der Waals surface area contributed by atoms with Gasteiger partial charge in [-0.2, -0.15) is 0 Å². The van der Waals surface area contributed by atoms with Gasteiger partial charge in [0.15, 0.2) is 0 Å². The van der Waals surface area contributed by atoms with E-state index >= 15 is 0 Å². The molecule has 4 bridgehead atoms. The lowest BCUT2D eigenvalue weighted by atomic mass is 10.2. The average Bonchev–Trinajstić information content (AvgIpc) is 2.83. The minimum absolute atomic E-state index is 0.0974. The summed E-state index contributed by atoms with van der Waals surface area (Å²) in [5, 5.41) is 9.73. The van der Waals surface area contributed by atoms with Gasteiger partial charge >= 0.3 is 0 Å². The predicted molar refractivity (Wildman–Crippen MR) is 135 cm³/mol. The van der Waals surface area contributed by atoms with E-state index < -0.39 is 0 Å². The first-order valence-corrected chi connectivity index (χ1v) is 11.8. The zero-order valence-corrected chi connectivity index (χ0v) is 19.6. The molecule has 0 atom stereocenters. The number of hydrogen-bond acceptors (Lipinski definition) is 7. The summed E-state index contributed by atoms with van der Waals surface area (Å²) in [6, 6.07) is 17.9. The molecule has 0 saturated heterocycles. The monoisotopic (exact) mass is 460 g/mol. The Hall–Kier alpha value is -3.65. The van der Waals surface area contributed by atoms with Crippen molar-refractivity contribution in [2.45, 2.75) is 32.2 Å². The largest absolute Gasteiger partial charge is 0.491 e. The second-order valence-electron chi connectivity index (χ2n) is 8.48. The van der Waals surface area contributed by atoms with Crippen LogP contribution in [0.25, 0.3) is 0 Å². The van der Waals surface area contributed by atoms with Crippen LogP contribution in [-0.2, 0) is 11.3 Å². The molecule has 3 aromatic rings. The number of amides is 1. The number of aromatic nitrogens is 2. The van der Waals surface area contributed by atoms with Gasteiger partial charge in [-0.15, -0.1) is 0 Å². The van der Waals surface area contributed by atoms with Crippen molar-refractivity contribution < 1.29 is 9.53 Å². The van der Waals surface area contributed by atoms with E-state index in [9.17, 15) is 4.79 Å². The molecule has 1 amide bonds. The summed E-state index contributed by atoms with van der Waals surface area (Å²) in [5.74, 6) is 2.26.